The van der Waals surface area contributed by atoms with Crippen LogP contribution < -0.4 is 0 Å². The molecule has 2 aromatic carbocycles. The highest BCUT2D eigenvalue weighted by Gasteiger charge is 2.36. The molecule has 6 rings (SSSR count). The molecular weight excluding hydrogens is 641 g/mol. The van der Waals surface area contributed by atoms with Crippen LogP contribution in [0.5, 0.6) is 0 Å². The van der Waals surface area contributed by atoms with Crippen LogP contribution in [0.15, 0.2) is 97.1 Å². The summed E-state index contributed by atoms with van der Waals surface area (Å²) in [6, 6.07) is 34.4. The number of ether oxygens (including phenoxy) is 2. The van der Waals surface area contributed by atoms with Crippen LogP contribution in [0, 0.1) is 27.7 Å². The monoisotopic (exact) mass is 690 g/mol. The summed E-state index contributed by atoms with van der Waals surface area (Å²) < 4.78 is 10.2. The van der Waals surface area contributed by atoms with E-state index in [1.54, 1.807) is 0 Å². The van der Waals surface area contributed by atoms with Crippen molar-refractivity contribution >= 4 is 11.9 Å². The fraction of sp³-hybridized carbons (Fsp3) is 0.292. The molecule has 0 spiro atoms. The van der Waals surface area contributed by atoms with Gasteiger partial charge in [0.25, 0.3) is 0 Å². The molecule has 52 heavy (non-hydrogen) atoms. The Kier molecular flexibility index (Phi) is 10.4. The number of benzene rings is 2. The van der Waals surface area contributed by atoms with Gasteiger partial charge in [0.1, 0.15) is 0 Å². The minimum Gasteiger partial charge on any atom is -0.465 e. The first-order chi connectivity index (χ1) is 24.8. The zero-order chi connectivity index (χ0) is 37.4. The number of carbonyl (C=O) groups is 2. The van der Waals surface area contributed by atoms with E-state index in [1.165, 1.54) is 81.0 Å². The highest BCUT2D eigenvalue weighted by atomic mass is 16.5. The number of aryl methyl sites for hydroxylation is 4. The molecule has 0 aromatic heterocycles. The van der Waals surface area contributed by atoms with Crippen molar-refractivity contribution in [2.75, 3.05) is 14.2 Å². The molecule has 4 aliphatic rings. The quantitative estimate of drug-likeness (QED) is 0.142. The van der Waals surface area contributed by atoms with Gasteiger partial charge in [-0.3, -0.25) is 0 Å². The smallest absolute Gasteiger partial charge is 0.337 e. The third kappa shape index (κ3) is 6.75. The Morgan fingerprint density at radius 2 is 0.769 bits per heavy atom. The van der Waals surface area contributed by atoms with Gasteiger partial charge in [-0.25, -0.2) is 9.59 Å². The van der Waals surface area contributed by atoms with Crippen molar-refractivity contribution in [1.82, 2.24) is 0 Å². The van der Waals surface area contributed by atoms with E-state index >= 15 is 0 Å². The number of hydrogen-bond donors (Lipinski definition) is 0. The molecule has 4 nitrogen and oxygen atoms in total. The Balaban J connectivity index is 1.71. The average molecular weight is 691 g/mol. The van der Waals surface area contributed by atoms with E-state index in [4.69, 9.17) is 9.47 Å². The van der Waals surface area contributed by atoms with Crippen molar-refractivity contribution in [3.63, 3.8) is 0 Å². The zero-order valence-electron chi connectivity index (χ0n) is 32.2. The Labute approximate surface area is 309 Å². The van der Waals surface area contributed by atoms with Crippen LogP contribution in [-0.2, 0) is 9.47 Å². The third-order valence-electron chi connectivity index (χ3n) is 10.9. The first-order valence-corrected chi connectivity index (χ1v) is 18.3. The van der Waals surface area contributed by atoms with Gasteiger partial charge in [-0.05, 0) is 142 Å². The lowest BCUT2D eigenvalue weighted by Gasteiger charge is -2.31. The molecule has 0 aliphatic heterocycles. The SMILES string of the molecule is COC(=O)c1ccc([C@H](c2cc(C)c3cc(C(C)C)ccc(C)c2-3)[C@H](c2ccc(C(=O)OC)cc2)c2cc(C)c3cc(C(C)C)ccc(C)c2-3)cc1. The van der Waals surface area contributed by atoms with Gasteiger partial charge in [0.05, 0.1) is 25.3 Å². The highest BCUT2D eigenvalue weighted by molar-refractivity contribution is 5.90. The molecule has 0 fully saturated rings. The lowest BCUT2D eigenvalue weighted by atomic mass is 9.72. The molecular formula is C48H50O4. The maximum Gasteiger partial charge on any atom is 0.337 e. The summed E-state index contributed by atoms with van der Waals surface area (Å²) in [7, 11) is 2.83. The summed E-state index contributed by atoms with van der Waals surface area (Å²) in [5.41, 5.74) is 18.2. The molecule has 0 radical (unpaired) electrons. The largest absolute Gasteiger partial charge is 0.465 e. The molecule has 4 aliphatic carbocycles. The molecule has 0 N–H and O–H groups in total. The van der Waals surface area contributed by atoms with Gasteiger partial charge in [0.15, 0.2) is 0 Å². The molecule has 0 amide bonds. The lowest BCUT2D eigenvalue weighted by Crippen LogP contribution is -2.16. The number of hydrogen-bond acceptors (Lipinski definition) is 4. The number of fused-ring (bicyclic) bond motifs is 2. The van der Waals surface area contributed by atoms with Gasteiger partial charge in [0, 0.05) is 11.8 Å². The van der Waals surface area contributed by atoms with E-state index in [0.29, 0.717) is 23.0 Å². The number of rotatable bonds is 9. The molecule has 4 heteroatoms. The Hall–Kier alpha value is -5.22. The average Bonchev–Trinajstić information content (AvgIpc) is 3.47. The van der Waals surface area contributed by atoms with Crippen LogP contribution in [0.3, 0.4) is 0 Å². The lowest BCUT2D eigenvalue weighted by molar-refractivity contribution is 0.0592. The third-order valence-corrected chi connectivity index (χ3v) is 10.9. The number of esters is 2. The van der Waals surface area contributed by atoms with Crippen molar-refractivity contribution in [3.8, 4) is 22.3 Å². The predicted molar refractivity (Wildman–Crippen MR) is 213 cm³/mol. The van der Waals surface area contributed by atoms with Crippen LogP contribution in [0.4, 0.5) is 0 Å². The highest BCUT2D eigenvalue weighted by Crippen LogP contribution is 2.53. The Bertz CT molecular complexity index is 2030. The van der Waals surface area contributed by atoms with Gasteiger partial charge in [0.2, 0.25) is 0 Å². The molecule has 2 atom stereocenters. The minimum atomic E-state index is -0.363. The molecule has 0 saturated carbocycles. The Morgan fingerprint density at radius 1 is 0.442 bits per heavy atom. The zero-order valence-corrected chi connectivity index (χ0v) is 32.2. The van der Waals surface area contributed by atoms with Crippen molar-refractivity contribution < 1.29 is 19.1 Å². The number of methoxy groups -OCH3 is 2. The van der Waals surface area contributed by atoms with Crippen LogP contribution in [0.2, 0.25) is 0 Å². The molecule has 0 unspecified atom stereocenters. The van der Waals surface area contributed by atoms with Crippen LogP contribution in [0.25, 0.3) is 22.3 Å². The van der Waals surface area contributed by atoms with Gasteiger partial charge in [-0.1, -0.05) is 100 Å². The van der Waals surface area contributed by atoms with Crippen molar-refractivity contribution in [2.24, 2.45) is 0 Å². The maximum atomic E-state index is 12.6. The van der Waals surface area contributed by atoms with Gasteiger partial charge in [-0.15, -0.1) is 0 Å². The van der Waals surface area contributed by atoms with Crippen molar-refractivity contribution in [1.29, 1.82) is 0 Å². The second-order valence-corrected chi connectivity index (χ2v) is 15.0. The molecule has 0 saturated heterocycles. The molecule has 2 aromatic rings. The predicted octanol–water partition coefficient (Wildman–Crippen LogP) is 11.9. The van der Waals surface area contributed by atoms with Gasteiger partial charge < -0.3 is 9.47 Å². The standard InChI is InChI=1S/C48H50O4/c1-27(2)37-13-11-29(5)43-39(25-37)31(7)23-41(43)45(33-15-19-35(20-16-33)47(49)51-9)46(34-17-21-36(22-18-34)48(50)52-10)42-24-32(8)40-26-38(28(3)4)14-12-30(6)44(40)42/h11-28,45-46H,1-10H3/t45-,46-/m1/s1. The topological polar surface area (TPSA) is 52.6 Å². The van der Waals surface area contributed by atoms with Crippen LogP contribution >= 0.6 is 0 Å². The first-order valence-electron chi connectivity index (χ1n) is 18.3. The second kappa shape index (κ2) is 14.8. The second-order valence-electron chi connectivity index (χ2n) is 15.0. The van der Waals surface area contributed by atoms with E-state index in [2.05, 4.69) is 128 Å². The van der Waals surface area contributed by atoms with E-state index in [0.717, 1.165) is 11.1 Å². The molecule has 0 bridgehead atoms. The van der Waals surface area contributed by atoms with E-state index in [1.807, 2.05) is 24.3 Å². The van der Waals surface area contributed by atoms with Crippen molar-refractivity contribution in [3.05, 3.63) is 164 Å². The summed E-state index contributed by atoms with van der Waals surface area (Å²) in [4.78, 5) is 25.3. The van der Waals surface area contributed by atoms with Crippen LogP contribution in [0.1, 0.15) is 128 Å². The summed E-state index contributed by atoms with van der Waals surface area (Å²) in [5.74, 6) is -0.274. The number of carbonyl (C=O) groups excluding carboxylic acids is 2. The van der Waals surface area contributed by atoms with Crippen molar-refractivity contribution in [2.45, 2.75) is 79.1 Å². The summed E-state index contributed by atoms with van der Waals surface area (Å²) in [6.45, 7) is 17.8. The van der Waals surface area contributed by atoms with Gasteiger partial charge >= 0.3 is 11.9 Å². The molecule has 266 valence electrons. The summed E-state index contributed by atoms with van der Waals surface area (Å²) in [6.07, 6.45) is 0. The Morgan fingerprint density at radius 3 is 1.08 bits per heavy atom. The molecule has 0 heterocycles. The summed E-state index contributed by atoms with van der Waals surface area (Å²) in [5, 5.41) is 0. The van der Waals surface area contributed by atoms with E-state index in [-0.39, 0.29) is 23.8 Å². The first kappa shape index (κ1) is 36.6. The maximum absolute atomic E-state index is 12.6. The fourth-order valence-corrected chi connectivity index (χ4v) is 7.96. The van der Waals surface area contributed by atoms with E-state index in [9.17, 15) is 9.59 Å². The van der Waals surface area contributed by atoms with Crippen LogP contribution in [-0.4, -0.2) is 26.2 Å². The normalized spacial score (nSPS) is 12.8. The minimum absolute atomic E-state index is 0.157. The fourth-order valence-electron chi connectivity index (χ4n) is 7.96. The summed E-state index contributed by atoms with van der Waals surface area (Å²) >= 11 is 0. The van der Waals surface area contributed by atoms with Gasteiger partial charge in [-0.2, -0.15) is 0 Å². The van der Waals surface area contributed by atoms with E-state index < -0.39 is 0 Å².